The molecule has 2 unspecified atom stereocenters. The van der Waals surface area contributed by atoms with Gasteiger partial charge in [-0.3, -0.25) is 9.59 Å². The number of carboxylic acid groups (broad SMARTS) is 1. The highest BCUT2D eigenvalue weighted by Crippen LogP contribution is 2.13. The molecule has 0 amide bonds. The number of rotatable bonds is 32. The van der Waals surface area contributed by atoms with Crippen LogP contribution in [0.4, 0.5) is 0 Å². The number of carbonyl (C=O) groups excluding carboxylic acids is 2. The topological polar surface area (TPSA) is 99.1 Å². The Morgan fingerprint density at radius 3 is 1.78 bits per heavy atom. The van der Waals surface area contributed by atoms with Gasteiger partial charge in [0.2, 0.25) is 0 Å². The standard InChI is InChI=1S/C38H69NO7/c1-6-8-10-12-14-16-18-19-21-22-24-26-28-36(40)45-33-34(32-44-31-30-35(38(42)43)39(3,4)5)46-37(41)29-27-25-23-20-17-15-13-11-9-7-2/h8,10,14,16,34-35H,6-7,9,11-13,15,17-33H2,1-5H3/p+1/b10-8+,16-14+. The van der Waals surface area contributed by atoms with Crippen LogP contribution < -0.4 is 0 Å². The summed E-state index contributed by atoms with van der Waals surface area (Å²) in [6.07, 6.45) is 29.3. The second-order valence-corrected chi connectivity index (χ2v) is 13.5. The molecule has 8 heteroatoms. The summed E-state index contributed by atoms with van der Waals surface area (Å²) in [7, 11) is 5.51. The first kappa shape index (κ1) is 43.8. The van der Waals surface area contributed by atoms with Crippen LogP contribution in [0.3, 0.4) is 0 Å². The van der Waals surface area contributed by atoms with Gasteiger partial charge < -0.3 is 23.8 Å². The van der Waals surface area contributed by atoms with Crippen LogP contribution in [0.5, 0.6) is 0 Å². The van der Waals surface area contributed by atoms with Crippen molar-refractivity contribution in [1.29, 1.82) is 0 Å². The van der Waals surface area contributed by atoms with Gasteiger partial charge in [-0.15, -0.1) is 0 Å². The minimum atomic E-state index is -0.878. The Labute approximate surface area is 281 Å². The SMILES string of the molecule is CC/C=C/C/C=C/CCCCCCCC(=O)OCC(COCCC(C(=O)O)[N+](C)(C)C)OC(=O)CCCCCCCCCCCC. The van der Waals surface area contributed by atoms with Crippen molar-refractivity contribution in [2.75, 3.05) is 41.0 Å². The van der Waals surface area contributed by atoms with E-state index in [2.05, 4.69) is 38.2 Å². The number of likely N-dealkylation sites (N-methyl/N-ethyl adjacent to an activating group) is 1. The number of esters is 2. The fraction of sp³-hybridized carbons (Fsp3) is 0.816. The lowest BCUT2D eigenvalue weighted by molar-refractivity contribution is -0.887. The summed E-state index contributed by atoms with van der Waals surface area (Å²) in [5, 5.41) is 9.56. The molecule has 0 spiro atoms. The normalized spacial score (nSPS) is 13.3. The summed E-state index contributed by atoms with van der Waals surface area (Å²) in [5.74, 6) is -1.49. The van der Waals surface area contributed by atoms with Gasteiger partial charge in [0.15, 0.2) is 12.1 Å². The molecule has 0 aromatic carbocycles. The third-order valence-corrected chi connectivity index (χ3v) is 8.12. The molecule has 0 fully saturated rings. The van der Waals surface area contributed by atoms with Gasteiger partial charge in [0.1, 0.15) is 6.61 Å². The highest BCUT2D eigenvalue weighted by Gasteiger charge is 2.31. The summed E-state index contributed by atoms with van der Waals surface area (Å²) in [6, 6.07) is -0.611. The summed E-state index contributed by atoms with van der Waals surface area (Å²) in [6.45, 7) is 4.58. The van der Waals surface area contributed by atoms with Crippen molar-refractivity contribution in [3.63, 3.8) is 0 Å². The monoisotopic (exact) mass is 653 g/mol. The molecule has 0 heterocycles. The molecule has 268 valence electrons. The largest absolute Gasteiger partial charge is 0.477 e. The third kappa shape index (κ3) is 28.1. The van der Waals surface area contributed by atoms with Crippen LogP contribution in [0.15, 0.2) is 24.3 Å². The van der Waals surface area contributed by atoms with E-state index in [1.165, 1.54) is 44.9 Å². The van der Waals surface area contributed by atoms with Gasteiger partial charge in [-0.1, -0.05) is 115 Å². The van der Waals surface area contributed by atoms with Crippen molar-refractivity contribution < 1.29 is 38.2 Å². The Hall–Kier alpha value is -2.19. The number of carboxylic acids is 1. The Bertz CT molecular complexity index is 818. The van der Waals surface area contributed by atoms with E-state index in [0.29, 0.717) is 19.3 Å². The van der Waals surface area contributed by atoms with Crippen LogP contribution in [0.1, 0.15) is 149 Å². The van der Waals surface area contributed by atoms with Crippen molar-refractivity contribution in [1.82, 2.24) is 0 Å². The molecular weight excluding hydrogens is 582 g/mol. The van der Waals surface area contributed by atoms with Crippen molar-refractivity contribution in [3.8, 4) is 0 Å². The smallest absolute Gasteiger partial charge is 0.362 e. The summed E-state index contributed by atoms with van der Waals surface area (Å²) >= 11 is 0. The van der Waals surface area contributed by atoms with Gasteiger partial charge >= 0.3 is 17.9 Å². The Morgan fingerprint density at radius 1 is 0.674 bits per heavy atom. The maximum Gasteiger partial charge on any atom is 0.362 e. The fourth-order valence-corrected chi connectivity index (χ4v) is 5.25. The molecule has 0 rings (SSSR count). The number of aliphatic carboxylic acids is 1. The van der Waals surface area contributed by atoms with Gasteiger partial charge in [-0.2, -0.15) is 0 Å². The van der Waals surface area contributed by atoms with Gasteiger partial charge in [0, 0.05) is 19.3 Å². The average molecular weight is 653 g/mol. The molecule has 0 saturated carbocycles. The lowest BCUT2D eigenvalue weighted by Crippen LogP contribution is -2.50. The van der Waals surface area contributed by atoms with Crippen molar-refractivity contribution in [2.45, 2.75) is 161 Å². The Kier molecular flexibility index (Phi) is 28.7. The highest BCUT2D eigenvalue weighted by molar-refractivity contribution is 5.72. The maximum absolute atomic E-state index is 12.6. The van der Waals surface area contributed by atoms with Crippen LogP contribution in [0.25, 0.3) is 0 Å². The van der Waals surface area contributed by atoms with Gasteiger partial charge in [0.05, 0.1) is 34.4 Å². The number of quaternary nitrogens is 1. The first-order valence-corrected chi connectivity index (χ1v) is 18.4. The number of hydrogen-bond acceptors (Lipinski definition) is 6. The van der Waals surface area contributed by atoms with Crippen LogP contribution in [0, 0.1) is 0 Å². The van der Waals surface area contributed by atoms with E-state index in [4.69, 9.17) is 14.2 Å². The number of nitrogens with zero attached hydrogens (tertiary/aromatic N) is 1. The predicted octanol–water partition coefficient (Wildman–Crippen LogP) is 8.96. The fourth-order valence-electron chi connectivity index (χ4n) is 5.25. The average Bonchev–Trinajstić information content (AvgIpc) is 3.00. The molecule has 0 aliphatic rings. The second-order valence-electron chi connectivity index (χ2n) is 13.5. The van der Waals surface area contributed by atoms with Crippen molar-refractivity contribution >= 4 is 17.9 Å². The van der Waals surface area contributed by atoms with Crippen molar-refractivity contribution in [3.05, 3.63) is 24.3 Å². The highest BCUT2D eigenvalue weighted by atomic mass is 16.6. The lowest BCUT2D eigenvalue weighted by Gasteiger charge is -2.31. The molecule has 0 aliphatic heterocycles. The van der Waals surface area contributed by atoms with E-state index in [1.807, 2.05) is 21.1 Å². The third-order valence-electron chi connectivity index (χ3n) is 8.12. The second kappa shape index (κ2) is 30.2. The van der Waals surface area contributed by atoms with Crippen LogP contribution >= 0.6 is 0 Å². The van der Waals surface area contributed by atoms with E-state index in [9.17, 15) is 19.5 Å². The molecular formula is C38H70NO7+. The molecule has 0 aliphatic carbocycles. The molecule has 0 bridgehead atoms. The number of carbonyl (C=O) groups is 3. The molecule has 46 heavy (non-hydrogen) atoms. The molecule has 0 saturated heterocycles. The van der Waals surface area contributed by atoms with E-state index >= 15 is 0 Å². The summed E-state index contributed by atoms with van der Waals surface area (Å²) in [4.78, 5) is 36.7. The first-order valence-electron chi connectivity index (χ1n) is 18.4. The predicted molar refractivity (Wildman–Crippen MR) is 188 cm³/mol. The quantitative estimate of drug-likeness (QED) is 0.0335. The number of hydrogen-bond donors (Lipinski definition) is 1. The Morgan fingerprint density at radius 2 is 1.22 bits per heavy atom. The number of unbranched alkanes of at least 4 members (excludes halogenated alkanes) is 14. The van der Waals surface area contributed by atoms with Gasteiger partial charge in [0.25, 0.3) is 0 Å². The number of ether oxygens (including phenoxy) is 3. The minimum absolute atomic E-state index is 0.0555. The maximum atomic E-state index is 12.6. The van der Waals surface area contributed by atoms with E-state index in [-0.39, 0.29) is 36.2 Å². The lowest BCUT2D eigenvalue weighted by atomic mass is 10.1. The molecule has 8 nitrogen and oxygen atoms in total. The molecule has 0 aromatic rings. The minimum Gasteiger partial charge on any atom is -0.477 e. The van der Waals surface area contributed by atoms with E-state index in [0.717, 1.165) is 70.6 Å². The summed E-state index contributed by atoms with van der Waals surface area (Å²) < 4.78 is 17.1. The molecule has 2 atom stereocenters. The Balaban J connectivity index is 4.45. The van der Waals surface area contributed by atoms with Crippen LogP contribution in [-0.4, -0.2) is 80.6 Å². The van der Waals surface area contributed by atoms with Gasteiger partial charge in [-0.25, -0.2) is 4.79 Å². The summed E-state index contributed by atoms with van der Waals surface area (Å²) in [5.41, 5.74) is 0. The molecule has 1 N–H and O–H groups in total. The first-order chi connectivity index (χ1) is 22.1. The van der Waals surface area contributed by atoms with Crippen molar-refractivity contribution in [2.24, 2.45) is 0 Å². The molecule has 0 radical (unpaired) electrons. The number of allylic oxidation sites excluding steroid dienone is 4. The van der Waals surface area contributed by atoms with E-state index < -0.39 is 18.1 Å². The zero-order valence-electron chi connectivity index (χ0n) is 30.3. The van der Waals surface area contributed by atoms with Gasteiger partial charge in [-0.05, 0) is 38.5 Å². The van der Waals surface area contributed by atoms with E-state index in [1.54, 1.807) is 0 Å². The zero-order valence-corrected chi connectivity index (χ0v) is 30.3. The molecule has 0 aromatic heterocycles. The van der Waals surface area contributed by atoms with Crippen LogP contribution in [-0.2, 0) is 28.6 Å². The zero-order chi connectivity index (χ0) is 34.3. The van der Waals surface area contributed by atoms with Crippen LogP contribution in [0.2, 0.25) is 0 Å².